The van der Waals surface area contributed by atoms with E-state index in [1.807, 2.05) is 18.2 Å². The molecule has 20 heavy (non-hydrogen) atoms. The van der Waals surface area contributed by atoms with Crippen molar-refractivity contribution in [1.29, 1.82) is 0 Å². The molecule has 2 aromatic carbocycles. The van der Waals surface area contributed by atoms with E-state index in [1.54, 1.807) is 7.11 Å². The maximum Gasteiger partial charge on any atom is 0.119 e. The molecule has 0 amide bonds. The zero-order chi connectivity index (χ0) is 14.6. The van der Waals surface area contributed by atoms with E-state index < -0.39 is 5.54 Å². The maximum atomic E-state index is 6.51. The number of ether oxygens (including phenoxy) is 1. The molecule has 0 aliphatic carbocycles. The van der Waals surface area contributed by atoms with Crippen LogP contribution in [-0.2, 0) is 18.4 Å². The van der Waals surface area contributed by atoms with Gasteiger partial charge in [-0.15, -0.1) is 0 Å². The highest BCUT2D eigenvalue weighted by molar-refractivity contribution is 5.35. The Morgan fingerprint density at radius 1 is 1.05 bits per heavy atom. The second-order valence-electron chi connectivity index (χ2n) is 5.50. The minimum Gasteiger partial charge on any atom is -0.497 e. The Kier molecular flexibility index (Phi) is 4.46. The van der Waals surface area contributed by atoms with Gasteiger partial charge in [-0.2, -0.15) is 0 Å². The lowest BCUT2D eigenvalue weighted by atomic mass is 9.86. The summed E-state index contributed by atoms with van der Waals surface area (Å²) in [4.78, 5) is 0. The largest absolute Gasteiger partial charge is 0.497 e. The van der Waals surface area contributed by atoms with Crippen LogP contribution < -0.4 is 10.5 Å². The van der Waals surface area contributed by atoms with Gasteiger partial charge in [0, 0.05) is 5.54 Å². The number of rotatable bonds is 5. The van der Waals surface area contributed by atoms with E-state index in [4.69, 9.17) is 10.5 Å². The van der Waals surface area contributed by atoms with Crippen molar-refractivity contribution in [2.45, 2.75) is 32.2 Å². The van der Waals surface area contributed by atoms with Crippen molar-refractivity contribution >= 4 is 0 Å². The minimum atomic E-state index is -0.401. The first-order chi connectivity index (χ1) is 9.55. The van der Waals surface area contributed by atoms with Gasteiger partial charge in [0.05, 0.1) is 7.11 Å². The van der Waals surface area contributed by atoms with Crippen molar-refractivity contribution < 1.29 is 4.74 Å². The van der Waals surface area contributed by atoms with E-state index in [1.165, 1.54) is 11.1 Å². The van der Waals surface area contributed by atoms with Gasteiger partial charge in [-0.05, 0) is 48.6 Å². The zero-order valence-electron chi connectivity index (χ0n) is 12.5. The molecule has 1 atom stereocenters. The molecule has 0 saturated carbocycles. The van der Waals surface area contributed by atoms with Gasteiger partial charge >= 0.3 is 0 Å². The molecular weight excluding hydrogens is 246 g/mol. The normalized spacial score (nSPS) is 13.8. The lowest BCUT2D eigenvalue weighted by Gasteiger charge is -2.26. The molecule has 2 rings (SSSR count). The first kappa shape index (κ1) is 14.6. The molecule has 0 aliphatic heterocycles. The standard InChI is InChI=1S/C18H23NO/c1-4-14-8-10-15(11-9-14)13-18(2,19)16-6-5-7-17(12-16)20-3/h5-12H,4,13,19H2,1-3H3. The van der Waals surface area contributed by atoms with Crippen LogP contribution in [0, 0.1) is 0 Å². The first-order valence-corrected chi connectivity index (χ1v) is 7.06. The monoisotopic (exact) mass is 269 g/mol. The topological polar surface area (TPSA) is 35.2 Å². The summed E-state index contributed by atoms with van der Waals surface area (Å²) in [7, 11) is 1.68. The summed E-state index contributed by atoms with van der Waals surface area (Å²) >= 11 is 0. The fourth-order valence-electron chi connectivity index (χ4n) is 2.40. The molecule has 0 heterocycles. The van der Waals surface area contributed by atoms with Crippen LogP contribution in [0.15, 0.2) is 48.5 Å². The van der Waals surface area contributed by atoms with Crippen LogP contribution in [0.2, 0.25) is 0 Å². The molecule has 1 unspecified atom stereocenters. The molecule has 0 fully saturated rings. The lowest BCUT2D eigenvalue weighted by Crippen LogP contribution is -2.35. The van der Waals surface area contributed by atoms with Gasteiger partial charge < -0.3 is 10.5 Å². The number of hydrogen-bond donors (Lipinski definition) is 1. The molecule has 2 heteroatoms. The highest BCUT2D eigenvalue weighted by atomic mass is 16.5. The van der Waals surface area contributed by atoms with Gasteiger partial charge in [0.15, 0.2) is 0 Å². The summed E-state index contributed by atoms with van der Waals surface area (Å²) in [6, 6.07) is 16.7. The molecule has 2 aromatic rings. The first-order valence-electron chi connectivity index (χ1n) is 7.06. The van der Waals surface area contributed by atoms with E-state index >= 15 is 0 Å². The highest BCUT2D eigenvalue weighted by Crippen LogP contribution is 2.26. The lowest BCUT2D eigenvalue weighted by molar-refractivity contribution is 0.410. The third-order valence-corrected chi connectivity index (χ3v) is 3.73. The highest BCUT2D eigenvalue weighted by Gasteiger charge is 2.22. The number of benzene rings is 2. The Labute approximate surface area is 121 Å². The smallest absolute Gasteiger partial charge is 0.119 e. The fourth-order valence-corrected chi connectivity index (χ4v) is 2.40. The van der Waals surface area contributed by atoms with Crippen LogP contribution in [0.25, 0.3) is 0 Å². The molecule has 2 N–H and O–H groups in total. The van der Waals surface area contributed by atoms with Crippen molar-refractivity contribution in [3.8, 4) is 5.75 Å². The molecule has 0 aliphatic rings. The van der Waals surface area contributed by atoms with E-state index in [9.17, 15) is 0 Å². The summed E-state index contributed by atoms with van der Waals surface area (Å²) in [5, 5.41) is 0. The quantitative estimate of drug-likeness (QED) is 0.898. The predicted octanol–water partition coefficient (Wildman–Crippen LogP) is 3.67. The molecule has 0 aromatic heterocycles. The number of nitrogens with two attached hydrogens (primary N) is 1. The Balaban J connectivity index is 2.20. The minimum absolute atomic E-state index is 0.401. The fraction of sp³-hybridized carbons (Fsp3) is 0.333. The Hall–Kier alpha value is -1.80. The molecule has 0 saturated heterocycles. The van der Waals surface area contributed by atoms with Gasteiger partial charge in [0.1, 0.15) is 5.75 Å². The van der Waals surface area contributed by atoms with Gasteiger partial charge in [0.2, 0.25) is 0 Å². The number of hydrogen-bond acceptors (Lipinski definition) is 2. The van der Waals surface area contributed by atoms with Gasteiger partial charge in [-0.3, -0.25) is 0 Å². The molecule has 0 spiro atoms. The van der Waals surface area contributed by atoms with Crippen molar-refractivity contribution in [3.05, 3.63) is 65.2 Å². The SMILES string of the molecule is CCc1ccc(CC(C)(N)c2cccc(OC)c2)cc1. The van der Waals surface area contributed by atoms with Crippen LogP contribution >= 0.6 is 0 Å². The molecule has 2 nitrogen and oxygen atoms in total. The van der Waals surface area contributed by atoms with Crippen molar-refractivity contribution in [2.75, 3.05) is 7.11 Å². The second-order valence-corrected chi connectivity index (χ2v) is 5.50. The van der Waals surface area contributed by atoms with Crippen LogP contribution in [0.1, 0.15) is 30.5 Å². The summed E-state index contributed by atoms with van der Waals surface area (Å²) in [6.45, 7) is 4.23. The van der Waals surface area contributed by atoms with Crippen LogP contribution in [-0.4, -0.2) is 7.11 Å². The van der Waals surface area contributed by atoms with E-state index in [0.29, 0.717) is 0 Å². The molecular formula is C18H23NO. The average molecular weight is 269 g/mol. The third-order valence-electron chi connectivity index (χ3n) is 3.73. The van der Waals surface area contributed by atoms with E-state index in [-0.39, 0.29) is 0 Å². The van der Waals surface area contributed by atoms with Crippen molar-refractivity contribution in [3.63, 3.8) is 0 Å². The average Bonchev–Trinajstić information content (AvgIpc) is 2.48. The second kappa shape index (κ2) is 6.10. The Morgan fingerprint density at radius 3 is 2.30 bits per heavy atom. The van der Waals surface area contributed by atoms with Gasteiger partial charge in [-0.1, -0.05) is 43.3 Å². The van der Waals surface area contributed by atoms with Crippen LogP contribution in [0.4, 0.5) is 0 Å². The van der Waals surface area contributed by atoms with Crippen molar-refractivity contribution in [2.24, 2.45) is 5.73 Å². The summed E-state index contributed by atoms with van der Waals surface area (Å²) in [5.74, 6) is 0.848. The van der Waals surface area contributed by atoms with E-state index in [2.05, 4.69) is 44.2 Å². The van der Waals surface area contributed by atoms with Crippen LogP contribution in [0.3, 0.4) is 0 Å². The summed E-state index contributed by atoms with van der Waals surface area (Å²) in [6.07, 6.45) is 1.88. The van der Waals surface area contributed by atoms with E-state index in [0.717, 1.165) is 24.2 Å². The van der Waals surface area contributed by atoms with Crippen molar-refractivity contribution in [1.82, 2.24) is 0 Å². The third kappa shape index (κ3) is 3.40. The van der Waals surface area contributed by atoms with Gasteiger partial charge in [0.25, 0.3) is 0 Å². The molecule has 0 radical (unpaired) electrons. The van der Waals surface area contributed by atoms with Crippen LogP contribution in [0.5, 0.6) is 5.75 Å². The predicted molar refractivity (Wildman–Crippen MR) is 84.1 cm³/mol. The summed E-state index contributed by atoms with van der Waals surface area (Å²) in [5.41, 5.74) is 9.82. The molecule has 0 bridgehead atoms. The Morgan fingerprint density at radius 2 is 1.70 bits per heavy atom. The number of aryl methyl sites for hydroxylation is 1. The number of methoxy groups -OCH3 is 1. The molecule has 106 valence electrons. The summed E-state index contributed by atoms with van der Waals surface area (Å²) < 4.78 is 5.27. The van der Waals surface area contributed by atoms with Gasteiger partial charge in [-0.25, -0.2) is 0 Å². The zero-order valence-corrected chi connectivity index (χ0v) is 12.5. The Bertz CT molecular complexity index is 558. The maximum absolute atomic E-state index is 6.51.